The van der Waals surface area contributed by atoms with E-state index in [1.54, 1.807) is 30.5 Å². The Labute approximate surface area is 218 Å². The summed E-state index contributed by atoms with van der Waals surface area (Å²) >= 11 is 0. The number of aliphatic hydroxyl groups excluding tert-OH is 1. The molecule has 2 aromatic carbocycles. The van der Waals surface area contributed by atoms with E-state index in [0.29, 0.717) is 22.9 Å². The Hall–Kier alpha value is -4.83. The monoisotopic (exact) mass is 528 g/mol. The molecule has 0 aliphatic heterocycles. The summed E-state index contributed by atoms with van der Waals surface area (Å²) in [6.07, 6.45) is 0.594. The first kappa shape index (κ1) is 24.5. The van der Waals surface area contributed by atoms with Crippen LogP contribution in [0.4, 0.5) is 13.2 Å². The molecular formula is C29H19F3N4O3. The van der Waals surface area contributed by atoms with Crippen molar-refractivity contribution >= 4 is 21.7 Å². The molecule has 0 unspecified atom stereocenters. The number of halogens is 3. The number of nitrogens with zero attached hydrogens (tertiary/aromatic N) is 4. The lowest BCUT2D eigenvalue weighted by Gasteiger charge is -2.08. The van der Waals surface area contributed by atoms with Gasteiger partial charge in [-0.05, 0) is 47.9 Å². The first-order valence-corrected chi connectivity index (χ1v) is 12.0. The summed E-state index contributed by atoms with van der Waals surface area (Å²) in [6, 6.07) is 17.0. The van der Waals surface area contributed by atoms with Crippen molar-refractivity contribution < 1.29 is 22.7 Å². The molecule has 0 aliphatic carbocycles. The van der Waals surface area contributed by atoms with Crippen molar-refractivity contribution in [3.05, 3.63) is 107 Å². The maximum atomic E-state index is 13.4. The minimum Gasteiger partial charge on any atom is -0.434 e. The van der Waals surface area contributed by atoms with E-state index in [2.05, 4.69) is 15.0 Å². The number of alkyl halides is 3. The Morgan fingerprint density at radius 1 is 0.897 bits per heavy atom. The third kappa shape index (κ3) is 4.44. The van der Waals surface area contributed by atoms with Crippen LogP contribution in [0.25, 0.3) is 50.3 Å². The molecule has 0 radical (unpaired) electrons. The van der Waals surface area contributed by atoms with E-state index in [1.165, 1.54) is 29.1 Å². The van der Waals surface area contributed by atoms with Crippen LogP contribution in [0.3, 0.4) is 0 Å². The van der Waals surface area contributed by atoms with Gasteiger partial charge in [0.1, 0.15) is 5.52 Å². The maximum Gasteiger partial charge on any atom is 0.416 e. The number of aliphatic hydroxyl groups is 1. The quantitative estimate of drug-likeness (QED) is 0.304. The number of pyridine rings is 3. The Bertz CT molecular complexity index is 1890. The molecule has 0 saturated heterocycles. The second-order valence-electron chi connectivity index (χ2n) is 8.85. The summed E-state index contributed by atoms with van der Waals surface area (Å²) in [5.74, 6) is 0.431. The third-order valence-electron chi connectivity index (χ3n) is 6.42. The van der Waals surface area contributed by atoms with Crippen LogP contribution in [0.2, 0.25) is 0 Å². The van der Waals surface area contributed by atoms with Gasteiger partial charge in [0.15, 0.2) is 11.6 Å². The largest absolute Gasteiger partial charge is 0.434 e. The molecule has 0 aliphatic rings. The summed E-state index contributed by atoms with van der Waals surface area (Å²) in [7, 11) is 0. The van der Waals surface area contributed by atoms with E-state index in [4.69, 9.17) is 4.42 Å². The number of benzene rings is 2. The van der Waals surface area contributed by atoms with Gasteiger partial charge < -0.3 is 9.52 Å². The van der Waals surface area contributed by atoms with Gasteiger partial charge in [-0.25, -0.2) is 0 Å². The van der Waals surface area contributed by atoms with Gasteiger partial charge in [0.05, 0.1) is 11.3 Å². The fourth-order valence-corrected chi connectivity index (χ4v) is 4.51. The number of fused-ring (bicyclic) bond motifs is 2. The van der Waals surface area contributed by atoms with E-state index >= 15 is 0 Å². The highest BCUT2D eigenvalue weighted by molar-refractivity contribution is 5.88. The molecule has 1 N–H and O–H groups in total. The van der Waals surface area contributed by atoms with Crippen LogP contribution >= 0.6 is 0 Å². The molecule has 4 heterocycles. The predicted octanol–water partition coefficient (Wildman–Crippen LogP) is 5.81. The standard InChI is InChI=1S/C29H19F3N4O3/c30-29(31,32)21-6-3-18(4-7-21)25-26(36-14-10-17-2-1-12-34-24(17)28(36)38)35-27(39-25)20-5-8-22-19(16-20)9-13-33-23(22)11-15-37/h1-10,12-14,16,37H,11,15H2. The SMILES string of the molecule is O=c1c2ncccc2ccn1-c1nc(-c2ccc3c(CCO)nccc3c2)oc1-c1ccc(C(F)(F)F)cc1. The summed E-state index contributed by atoms with van der Waals surface area (Å²) in [5, 5.41) is 11.7. The van der Waals surface area contributed by atoms with Crippen molar-refractivity contribution in [3.8, 4) is 28.6 Å². The molecular weight excluding hydrogens is 509 g/mol. The normalized spacial score (nSPS) is 11.9. The van der Waals surface area contributed by atoms with Gasteiger partial charge in [-0.2, -0.15) is 18.2 Å². The molecule has 0 bridgehead atoms. The fraction of sp³-hybridized carbons (Fsp3) is 0.103. The van der Waals surface area contributed by atoms with Crippen LogP contribution in [-0.4, -0.2) is 31.2 Å². The Balaban J connectivity index is 1.54. The highest BCUT2D eigenvalue weighted by Gasteiger charge is 2.30. The summed E-state index contributed by atoms with van der Waals surface area (Å²) < 4.78 is 47.0. The zero-order valence-corrected chi connectivity index (χ0v) is 20.2. The average Bonchev–Trinajstić information content (AvgIpc) is 3.38. The van der Waals surface area contributed by atoms with Crippen LogP contribution in [0.1, 0.15) is 11.3 Å². The number of oxazole rings is 1. The molecule has 194 valence electrons. The summed E-state index contributed by atoms with van der Waals surface area (Å²) in [4.78, 5) is 26.5. The minimum atomic E-state index is -4.50. The topological polar surface area (TPSA) is 94.0 Å². The first-order valence-electron chi connectivity index (χ1n) is 12.0. The minimum absolute atomic E-state index is 0.0389. The third-order valence-corrected chi connectivity index (χ3v) is 6.42. The zero-order valence-electron chi connectivity index (χ0n) is 20.2. The second-order valence-corrected chi connectivity index (χ2v) is 8.85. The molecule has 7 nitrogen and oxygen atoms in total. The van der Waals surface area contributed by atoms with Gasteiger partial charge in [-0.1, -0.05) is 24.3 Å². The van der Waals surface area contributed by atoms with Crippen LogP contribution in [0.15, 0.2) is 94.5 Å². The highest BCUT2D eigenvalue weighted by Crippen LogP contribution is 2.35. The van der Waals surface area contributed by atoms with Crippen LogP contribution < -0.4 is 5.56 Å². The zero-order chi connectivity index (χ0) is 27.1. The predicted molar refractivity (Wildman–Crippen MR) is 139 cm³/mol. The first-order chi connectivity index (χ1) is 18.8. The fourth-order valence-electron chi connectivity index (χ4n) is 4.51. The number of rotatable bonds is 5. The maximum absolute atomic E-state index is 13.4. The van der Waals surface area contributed by atoms with Crippen LogP contribution in [0, 0.1) is 0 Å². The van der Waals surface area contributed by atoms with Crippen LogP contribution in [0.5, 0.6) is 0 Å². The number of hydrogen-bond acceptors (Lipinski definition) is 6. The van der Waals surface area contributed by atoms with Crippen molar-refractivity contribution in [3.63, 3.8) is 0 Å². The molecule has 6 aromatic rings. The molecule has 39 heavy (non-hydrogen) atoms. The van der Waals surface area contributed by atoms with Crippen molar-refractivity contribution in [1.29, 1.82) is 0 Å². The van der Waals surface area contributed by atoms with Crippen molar-refractivity contribution in [2.75, 3.05) is 6.61 Å². The Kier molecular flexibility index (Phi) is 5.96. The van der Waals surface area contributed by atoms with Gasteiger partial charge >= 0.3 is 6.18 Å². The lowest BCUT2D eigenvalue weighted by Crippen LogP contribution is -2.19. The van der Waals surface area contributed by atoms with Crippen molar-refractivity contribution in [2.24, 2.45) is 0 Å². The molecule has 0 fully saturated rings. The Morgan fingerprint density at radius 3 is 2.46 bits per heavy atom. The smallest absolute Gasteiger partial charge is 0.416 e. The van der Waals surface area contributed by atoms with Crippen molar-refractivity contribution in [2.45, 2.75) is 12.6 Å². The average molecular weight is 528 g/mol. The summed E-state index contributed by atoms with van der Waals surface area (Å²) in [5.41, 5.74) is 0.628. The highest BCUT2D eigenvalue weighted by atomic mass is 19.4. The molecule has 0 saturated carbocycles. The van der Waals surface area contributed by atoms with Gasteiger partial charge in [-0.15, -0.1) is 0 Å². The van der Waals surface area contributed by atoms with E-state index < -0.39 is 17.3 Å². The van der Waals surface area contributed by atoms with E-state index in [0.717, 1.165) is 28.6 Å². The lowest BCUT2D eigenvalue weighted by molar-refractivity contribution is -0.137. The molecule has 10 heteroatoms. The lowest BCUT2D eigenvalue weighted by atomic mass is 10.1. The van der Waals surface area contributed by atoms with Gasteiger partial charge in [0.25, 0.3) is 5.56 Å². The molecule has 0 amide bonds. The van der Waals surface area contributed by atoms with Gasteiger partial charge in [0, 0.05) is 53.5 Å². The number of hydrogen-bond donors (Lipinski definition) is 1. The van der Waals surface area contributed by atoms with Gasteiger partial charge in [-0.3, -0.25) is 19.3 Å². The number of aromatic nitrogens is 4. The van der Waals surface area contributed by atoms with E-state index in [-0.39, 0.29) is 29.6 Å². The summed E-state index contributed by atoms with van der Waals surface area (Å²) in [6.45, 7) is -0.0389. The van der Waals surface area contributed by atoms with E-state index in [1.807, 2.05) is 18.2 Å². The van der Waals surface area contributed by atoms with Crippen LogP contribution in [-0.2, 0) is 12.6 Å². The molecule has 0 spiro atoms. The Morgan fingerprint density at radius 2 is 1.69 bits per heavy atom. The second kappa shape index (κ2) is 9.48. The molecule has 4 aromatic heterocycles. The molecule has 6 rings (SSSR count). The van der Waals surface area contributed by atoms with Crippen molar-refractivity contribution in [1.82, 2.24) is 19.5 Å². The molecule has 0 atom stereocenters. The van der Waals surface area contributed by atoms with E-state index in [9.17, 15) is 23.1 Å². The van der Waals surface area contributed by atoms with Gasteiger partial charge in [0.2, 0.25) is 5.89 Å².